The molecule has 1 heterocycles. The van der Waals surface area contributed by atoms with Crippen molar-refractivity contribution in [2.75, 3.05) is 12.8 Å². The van der Waals surface area contributed by atoms with Crippen molar-refractivity contribution in [3.05, 3.63) is 42.1 Å². The smallest absolute Gasteiger partial charge is 0.0704 e. The predicted octanol–water partition coefficient (Wildman–Crippen LogP) is 3.90. The summed E-state index contributed by atoms with van der Waals surface area (Å²) in [5.41, 5.74) is 2.47. The number of para-hydroxylation sites is 1. The third kappa shape index (κ3) is 4.22. The highest BCUT2D eigenvalue weighted by Gasteiger charge is 2.15. The van der Waals surface area contributed by atoms with Gasteiger partial charge in [-0.25, -0.2) is 0 Å². The summed E-state index contributed by atoms with van der Waals surface area (Å²) < 4.78 is 0.315. The maximum Gasteiger partial charge on any atom is 0.0704 e. The molecule has 0 aliphatic carbocycles. The molecule has 0 saturated carbocycles. The fourth-order valence-electron chi connectivity index (χ4n) is 2.19. The standard InChI is InChI=1S/C17H24N2S/c1-17(2,3)20-12-14(18-4)11-13-9-10-19-16-8-6-5-7-15(13)16/h5-10,14,18H,11-12H2,1-4H3. The highest BCUT2D eigenvalue weighted by molar-refractivity contribution is 8.00. The maximum absolute atomic E-state index is 4.43. The Bertz CT molecular complexity index is 555. The average Bonchev–Trinajstić information content (AvgIpc) is 2.42. The van der Waals surface area contributed by atoms with Crippen molar-refractivity contribution in [2.24, 2.45) is 0 Å². The van der Waals surface area contributed by atoms with E-state index in [1.807, 2.05) is 24.0 Å². The number of thioether (sulfide) groups is 1. The van der Waals surface area contributed by atoms with Crippen LogP contribution in [-0.4, -0.2) is 28.6 Å². The molecular weight excluding hydrogens is 264 g/mol. The summed E-state index contributed by atoms with van der Waals surface area (Å²) in [7, 11) is 2.05. The van der Waals surface area contributed by atoms with Gasteiger partial charge in [0.1, 0.15) is 0 Å². The van der Waals surface area contributed by atoms with E-state index in [1.165, 1.54) is 10.9 Å². The Morgan fingerprint density at radius 3 is 2.65 bits per heavy atom. The highest BCUT2D eigenvalue weighted by Crippen LogP contribution is 2.25. The molecule has 0 fully saturated rings. The van der Waals surface area contributed by atoms with Crippen LogP contribution in [0.15, 0.2) is 36.5 Å². The molecule has 3 heteroatoms. The molecule has 108 valence electrons. The minimum Gasteiger partial charge on any atom is -0.316 e. The van der Waals surface area contributed by atoms with Crippen LogP contribution in [0.3, 0.4) is 0 Å². The molecule has 2 rings (SSSR count). The van der Waals surface area contributed by atoms with Crippen LogP contribution in [0, 0.1) is 0 Å². The number of pyridine rings is 1. The molecule has 0 spiro atoms. The zero-order chi connectivity index (χ0) is 14.6. The normalized spacial score (nSPS) is 13.6. The molecule has 0 aliphatic heterocycles. The zero-order valence-corrected chi connectivity index (χ0v) is 13.6. The summed E-state index contributed by atoms with van der Waals surface area (Å²) in [6, 6.07) is 11.0. The third-order valence-electron chi connectivity index (χ3n) is 3.33. The molecule has 0 amide bonds. The molecule has 0 radical (unpaired) electrons. The van der Waals surface area contributed by atoms with Gasteiger partial charge in [0.05, 0.1) is 5.52 Å². The first-order valence-electron chi connectivity index (χ1n) is 7.13. The summed E-state index contributed by atoms with van der Waals surface area (Å²) in [6.07, 6.45) is 2.96. The Morgan fingerprint density at radius 2 is 1.95 bits per heavy atom. The van der Waals surface area contributed by atoms with E-state index in [-0.39, 0.29) is 0 Å². The van der Waals surface area contributed by atoms with Crippen molar-refractivity contribution < 1.29 is 0 Å². The van der Waals surface area contributed by atoms with Crippen LogP contribution in [0.2, 0.25) is 0 Å². The Morgan fingerprint density at radius 1 is 1.20 bits per heavy atom. The minimum atomic E-state index is 0.315. The first kappa shape index (κ1) is 15.3. The number of likely N-dealkylation sites (N-methyl/N-ethyl adjacent to an activating group) is 1. The van der Waals surface area contributed by atoms with E-state index < -0.39 is 0 Å². The van der Waals surface area contributed by atoms with Gasteiger partial charge in [0, 0.05) is 28.1 Å². The minimum absolute atomic E-state index is 0.315. The lowest BCUT2D eigenvalue weighted by Crippen LogP contribution is -2.31. The fraction of sp³-hybridized carbons (Fsp3) is 0.471. The summed E-state index contributed by atoms with van der Waals surface area (Å²) in [5, 5.41) is 4.72. The number of rotatable bonds is 5. The molecule has 0 aliphatic rings. The van der Waals surface area contributed by atoms with Crippen LogP contribution < -0.4 is 5.32 Å². The van der Waals surface area contributed by atoms with Crippen molar-refractivity contribution in [3.63, 3.8) is 0 Å². The van der Waals surface area contributed by atoms with Gasteiger partial charge in [0.25, 0.3) is 0 Å². The summed E-state index contributed by atoms with van der Waals surface area (Å²) >= 11 is 2.01. The van der Waals surface area contributed by atoms with Crippen LogP contribution in [0.4, 0.5) is 0 Å². The van der Waals surface area contributed by atoms with Crippen molar-refractivity contribution in [3.8, 4) is 0 Å². The van der Waals surface area contributed by atoms with Gasteiger partial charge in [0.2, 0.25) is 0 Å². The molecular formula is C17H24N2S. The first-order chi connectivity index (χ1) is 9.49. The lowest BCUT2D eigenvalue weighted by atomic mass is 10.0. The molecule has 1 N–H and O–H groups in total. The monoisotopic (exact) mass is 288 g/mol. The molecule has 1 aromatic heterocycles. The number of hydrogen-bond acceptors (Lipinski definition) is 3. The Labute approximate surface area is 126 Å². The molecule has 1 aromatic carbocycles. The van der Waals surface area contributed by atoms with E-state index in [1.54, 1.807) is 0 Å². The van der Waals surface area contributed by atoms with Crippen molar-refractivity contribution >= 4 is 22.7 Å². The molecule has 2 nitrogen and oxygen atoms in total. The Balaban J connectivity index is 2.13. The SMILES string of the molecule is CNC(CSC(C)(C)C)Cc1ccnc2ccccc12. The number of fused-ring (bicyclic) bond motifs is 1. The van der Waals surface area contributed by atoms with Crippen LogP contribution in [-0.2, 0) is 6.42 Å². The van der Waals surface area contributed by atoms with E-state index in [0.717, 1.165) is 17.7 Å². The number of benzene rings is 1. The highest BCUT2D eigenvalue weighted by atomic mass is 32.2. The Hall–Kier alpha value is -1.06. The molecule has 0 bridgehead atoms. The van der Waals surface area contributed by atoms with E-state index in [4.69, 9.17) is 0 Å². The Kier molecular flexibility index (Phi) is 5.06. The van der Waals surface area contributed by atoms with E-state index in [2.05, 4.69) is 62.4 Å². The number of nitrogens with one attached hydrogen (secondary N) is 1. The predicted molar refractivity (Wildman–Crippen MR) is 90.5 cm³/mol. The number of hydrogen-bond donors (Lipinski definition) is 1. The van der Waals surface area contributed by atoms with Crippen molar-refractivity contribution in [2.45, 2.75) is 38.0 Å². The molecule has 1 atom stereocenters. The van der Waals surface area contributed by atoms with Gasteiger partial charge >= 0.3 is 0 Å². The molecule has 20 heavy (non-hydrogen) atoms. The maximum atomic E-state index is 4.43. The van der Waals surface area contributed by atoms with Crippen LogP contribution in [0.1, 0.15) is 26.3 Å². The van der Waals surface area contributed by atoms with Gasteiger partial charge in [-0.15, -0.1) is 0 Å². The van der Waals surface area contributed by atoms with Gasteiger partial charge in [-0.3, -0.25) is 4.98 Å². The van der Waals surface area contributed by atoms with Crippen LogP contribution >= 0.6 is 11.8 Å². The number of nitrogens with zero attached hydrogens (tertiary/aromatic N) is 1. The van der Waals surface area contributed by atoms with Gasteiger partial charge in [-0.05, 0) is 31.2 Å². The first-order valence-corrected chi connectivity index (χ1v) is 8.12. The molecule has 1 unspecified atom stereocenters. The van der Waals surface area contributed by atoms with Crippen LogP contribution in [0.25, 0.3) is 10.9 Å². The third-order valence-corrected chi connectivity index (χ3v) is 4.77. The van der Waals surface area contributed by atoms with Crippen molar-refractivity contribution in [1.82, 2.24) is 10.3 Å². The summed E-state index contributed by atoms with van der Waals surface area (Å²) in [5.74, 6) is 1.12. The quantitative estimate of drug-likeness (QED) is 0.903. The lowest BCUT2D eigenvalue weighted by molar-refractivity contribution is 0.615. The van der Waals surface area contributed by atoms with Gasteiger partial charge in [-0.1, -0.05) is 39.0 Å². The second kappa shape index (κ2) is 6.59. The van der Waals surface area contributed by atoms with E-state index in [9.17, 15) is 0 Å². The van der Waals surface area contributed by atoms with Gasteiger partial charge < -0.3 is 5.32 Å². The topological polar surface area (TPSA) is 24.9 Å². The largest absolute Gasteiger partial charge is 0.316 e. The van der Waals surface area contributed by atoms with E-state index >= 15 is 0 Å². The van der Waals surface area contributed by atoms with Crippen molar-refractivity contribution in [1.29, 1.82) is 0 Å². The van der Waals surface area contributed by atoms with Crippen LogP contribution in [0.5, 0.6) is 0 Å². The van der Waals surface area contributed by atoms with E-state index in [0.29, 0.717) is 10.8 Å². The van der Waals surface area contributed by atoms with Gasteiger partial charge in [-0.2, -0.15) is 11.8 Å². The zero-order valence-electron chi connectivity index (χ0n) is 12.8. The lowest BCUT2D eigenvalue weighted by Gasteiger charge is -2.23. The molecule has 2 aromatic rings. The molecule has 0 saturated heterocycles. The fourth-order valence-corrected chi connectivity index (χ4v) is 3.18. The average molecular weight is 288 g/mol. The van der Waals surface area contributed by atoms with Gasteiger partial charge in [0.15, 0.2) is 0 Å². The second-order valence-electron chi connectivity index (χ2n) is 6.10. The summed E-state index contributed by atoms with van der Waals surface area (Å²) in [4.78, 5) is 4.43. The number of aromatic nitrogens is 1. The second-order valence-corrected chi connectivity index (χ2v) is 7.95. The summed E-state index contributed by atoms with van der Waals surface area (Å²) in [6.45, 7) is 6.81.